The van der Waals surface area contributed by atoms with E-state index in [4.69, 9.17) is 5.73 Å². The number of nitrogens with zero attached hydrogens (tertiary/aromatic N) is 1. The van der Waals surface area contributed by atoms with Crippen LogP contribution in [0, 0.1) is 0 Å². The second-order valence-corrected chi connectivity index (χ2v) is 9.75. The van der Waals surface area contributed by atoms with E-state index in [2.05, 4.69) is 143 Å². The van der Waals surface area contributed by atoms with Crippen LogP contribution >= 0.6 is 0 Å². The van der Waals surface area contributed by atoms with Crippen molar-refractivity contribution in [1.29, 1.82) is 0 Å². The number of fused-ring (bicyclic) bond motifs is 3. The first-order chi connectivity index (χ1) is 19.7. The number of rotatable bonds is 8. The monoisotopic (exact) mass is 526 g/mol. The first kappa shape index (κ1) is 27.4. The lowest BCUT2D eigenvalue weighted by Crippen LogP contribution is -2.41. The van der Waals surface area contributed by atoms with Gasteiger partial charge in [-0.3, -0.25) is 10.6 Å². The van der Waals surface area contributed by atoms with Crippen LogP contribution in [0.3, 0.4) is 0 Å². The van der Waals surface area contributed by atoms with Crippen molar-refractivity contribution in [3.8, 4) is 5.69 Å². The van der Waals surface area contributed by atoms with E-state index in [0.717, 1.165) is 16.8 Å². The first-order valence-electron chi connectivity index (χ1n) is 14.1. The zero-order valence-corrected chi connectivity index (χ0v) is 23.5. The molecule has 0 radical (unpaired) electrons. The fourth-order valence-electron chi connectivity index (χ4n) is 5.28. The molecule has 202 valence electrons. The lowest BCUT2D eigenvalue weighted by atomic mass is 10.1. The van der Waals surface area contributed by atoms with Gasteiger partial charge in [0.1, 0.15) is 0 Å². The third-order valence-electron chi connectivity index (χ3n) is 7.29. The maximum Gasteiger partial charge on any atom is 0.0854 e. The maximum atomic E-state index is 6.74. The van der Waals surface area contributed by atoms with E-state index < -0.39 is 0 Å². The predicted octanol–water partition coefficient (Wildman–Crippen LogP) is 8.41. The summed E-state index contributed by atoms with van der Waals surface area (Å²) in [6, 6.07) is 46.7. The molecule has 0 bridgehead atoms. The highest BCUT2D eigenvalue weighted by atomic mass is 15.2. The van der Waals surface area contributed by atoms with Crippen molar-refractivity contribution in [2.24, 2.45) is 5.73 Å². The summed E-state index contributed by atoms with van der Waals surface area (Å²) < 4.78 is 2.32. The molecule has 1 heterocycles. The highest BCUT2D eigenvalue weighted by Gasteiger charge is 2.19. The number of para-hydroxylation sites is 2. The third-order valence-corrected chi connectivity index (χ3v) is 7.29. The molecule has 0 aliphatic carbocycles. The van der Waals surface area contributed by atoms with E-state index in [1.165, 1.54) is 27.4 Å². The molecule has 5 aromatic carbocycles. The second-order valence-electron chi connectivity index (χ2n) is 9.75. The van der Waals surface area contributed by atoms with Gasteiger partial charge in [0.05, 0.1) is 23.4 Å². The normalized spacial score (nSPS) is 13.4. The zero-order chi connectivity index (χ0) is 27.9. The fourth-order valence-corrected chi connectivity index (χ4v) is 5.28. The molecule has 0 spiro atoms. The van der Waals surface area contributed by atoms with Gasteiger partial charge in [0.25, 0.3) is 0 Å². The Hall–Kier alpha value is -4.22. The summed E-state index contributed by atoms with van der Waals surface area (Å²) in [7, 11) is 0. The minimum atomic E-state index is -0.345. The minimum absolute atomic E-state index is 0.113. The SMILES string of the molecule is CC.CC(NC(NC(N)c1ccc(-n2c3ccccc3c3ccccc32)cc1)c1ccccc1)c1ccccc1. The third kappa shape index (κ3) is 5.70. The van der Waals surface area contributed by atoms with E-state index in [1.54, 1.807) is 0 Å². The van der Waals surface area contributed by atoms with Crippen molar-refractivity contribution in [2.75, 3.05) is 0 Å². The van der Waals surface area contributed by atoms with E-state index in [0.29, 0.717) is 0 Å². The Balaban J connectivity index is 0.00000158. The van der Waals surface area contributed by atoms with Gasteiger partial charge in [0.15, 0.2) is 0 Å². The lowest BCUT2D eigenvalue weighted by molar-refractivity contribution is 0.356. The maximum absolute atomic E-state index is 6.74. The molecular formula is C36H38N4. The van der Waals surface area contributed by atoms with E-state index in [-0.39, 0.29) is 18.4 Å². The Bertz CT molecular complexity index is 1590. The van der Waals surface area contributed by atoms with Gasteiger partial charge in [-0.25, -0.2) is 0 Å². The lowest BCUT2D eigenvalue weighted by Gasteiger charge is -2.28. The van der Waals surface area contributed by atoms with Crippen LogP contribution in [0.2, 0.25) is 0 Å². The number of nitrogens with two attached hydrogens (primary N) is 1. The molecule has 4 heteroatoms. The van der Waals surface area contributed by atoms with E-state index in [9.17, 15) is 0 Å². The van der Waals surface area contributed by atoms with E-state index in [1.807, 2.05) is 26.0 Å². The molecule has 3 unspecified atom stereocenters. The van der Waals surface area contributed by atoms with Crippen LogP contribution in [0.4, 0.5) is 0 Å². The van der Waals surface area contributed by atoms with Crippen LogP contribution in [0.15, 0.2) is 133 Å². The number of benzene rings is 5. The molecular weight excluding hydrogens is 488 g/mol. The molecule has 1 aromatic heterocycles. The van der Waals surface area contributed by atoms with Gasteiger partial charge in [-0.15, -0.1) is 0 Å². The van der Waals surface area contributed by atoms with Crippen molar-refractivity contribution < 1.29 is 0 Å². The number of hydrogen-bond donors (Lipinski definition) is 3. The molecule has 0 saturated carbocycles. The molecule has 4 N–H and O–H groups in total. The molecule has 0 aliphatic heterocycles. The van der Waals surface area contributed by atoms with Crippen LogP contribution in [-0.2, 0) is 0 Å². The Labute approximate surface area is 237 Å². The fraction of sp³-hybridized carbons (Fsp3) is 0.167. The average Bonchev–Trinajstić information content (AvgIpc) is 3.37. The van der Waals surface area contributed by atoms with Crippen molar-refractivity contribution >= 4 is 21.8 Å². The Kier molecular flexibility index (Phi) is 8.72. The van der Waals surface area contributed by atoms with Gasteiger partial charge in [-0.1, -0.05) is 123 Å². The van der Waals surface area contributed by atoms with Crippen LogP contribution in [0.1, 0.15) is 55.8 Å². The van der Waals surface area contributed by atoms with Crippen LogP contribution < -0.4 is 16.4 Å². The van der Waals surface area contributed by atoms with Crippen LogP contribution in [0.5, 0.6) is 0 Å². The molecule has 0 aliphatic rings. The molecule has 6 rings (SSSR count). The van der Waals surface area contributed by atoms with Gasteiger partial charge in [-0.05, 0) is 47.9 Å². The number of nitrogens with one attached hydrogen (secondary N) is 2. The Morgan fingerprint density at radius 2 is 1.00 bits per heavy atom. The smallest absolute Gasteiger partial charge is 0.0854 e. The molecule has 0 saturated heterocycles. The van der Waals surface area contributed by atoms with Gasteiger partial charge in [0.2, 0.25) is 0 Å². The molecule has 0 fully saturated rings. The van der Waals surface area contributed by atoms with Crippen LogP contribution in [0.25, 0.3) is 27.5 Å². The van der Waals surface area contributed by atoms with Crippen molar-refractivity contribution in [2.45, 2.75) is 39.1 Å². The topological polar surface area (TPSA) is 55.0 Å². The summed E-state index contributed by atoms with van der Waals surface area (Å²) in [5.74, 6) is 0. The molecule has 0 amide bonds. The minimum Gasteiger partial charge on any atom is -0.312 e. The van der Waals surface area contributed by atoms with Crippen LogP contribution in [-0.4, -0.2) is 4.57 Å². The Morgan fingerprint density at radius 1 is 0.525 bits per heavy atom. The quantitative estimate of drug-likeness (QED) is 0.175. The first-order valence-corrected chi connectivity index (χ1v) is 14.1. The molecule has 3 atom stereocenters. The zero-order valence-electron chi connectivity index (χ0n) is 23.5. The van der Waals surface area contributed by atoms with E-state index >= 15 is 0 Å². The summed E-state index contributed by atoms with van der Waals surface area (Å²) in [5, 5.41) is 9.87. The second kappa shape index (κ2) is 12.8. The average molecular weight is 527 g/mol. The predicted molar refractivity (Wildman–Crippen MR) is 169 cm³/mol. The van der Waals surface area contributed by atoms with Crippen molar-refractivity contribution in [1.82, 2.24) is 15.2 Å². The summed E-state index contributed by atoms with van der Waals surface area (Å²) in [6.45, 7) is 6.18. The standard InChI is InChI=1S/C34H32N4.C2H6/c1-24(25-12-4-2-5-13-25)36-34(27-14-6-3-7-15-27)37-33(35)26-20-22-28(23-21-26)38-31-18-10-8-16-29(31)30-17-9-11-19-32(30)38;1-2/h2-24,33-34,36-37H,35H2,1H3;1-2H3. The van der Waals surface area contributed by atoms with Gasteiger partial charge >= 0.3 is 0 Å². The Morgan fingerprint density at radius 3 is 1.55 bits per heavy atom. The molecule has 6 aromatic rings. The summed E-state index contributed by atoms with van der Waals surface area (Å²) in [4.78, 5) is 0. The van der Waals surface area contributed by atoms with Crippen molar-refractivity contribution in [3.05, 3.63) is 150 Å². The number of hydrogen-bond acceptors (Lipinski definition) is 3. The highest BCUT2D eigenvalue weighted by Crippen LogP contribution is 2.32. The summed E-state index contributed by atoms with van der Waals surface area (Å²) in [5.41, 5.74) is 13.7. The van der Waals surface area contributed by atoms with Crippen molar-refractivity contribution in [3.63, 3.8) is 0 Å². The van der Waals surface area contributed by atoms with Gasteiger partial charge in [-0.2, -0.15) is 0 Å². The number of aromatic nitrogens is 1. The molecule has 4 nitrogen and oxygen atoms in total. The van der Waals surface area contributed by atoms with Gasteiger partial charge < -0.3 is 10.3 Å². The summed E-state index contributed by atoms with van der Waals surface area (Å²) >= 11 is 0. The highest BCUT2D eigenvalue weighted by molar-refractivity contribution is 6.09. The summed E-state index contributed by atoms with van der Waals surface area (Å²) in [6.07, 6.45) is -0.457. The van der Waals surface area contributed by atoms with Gasteiger partial charge in [0, 0.05) is 22.5 Å². The largest absolute Gasteiger partial charge is 0.312 e. The molecule has 40 heavy (non-hydrogen) atoms.